The lowest BCUT2D eigenvalue weighted by molar-refractivity contribution is -0.0279. The zero-order valence-corrected chi connectivity index (χ0v) is 13.6. The lowest BCUT2D eigenvalue weighted by Crippen LogP contribution is -2.31. The highest BCUT2D eigenvalue weighted by Crippen LogP contribution is 2.33. The summed E-state index contributed by atoms with van der Waals surface area (Å²) in [6.45, 7) is 6.76. The van der Waals surface area contributed by atoms with E-state index in [1.54, 1.807) is 0 Å². The number of nitrogens with one attached hydrogen (secondary N) is 2. The van der Waals surface area contributed by atoms with Gasteiger partial charge in [-0.15, -0.1) is 0 Å². The van der Waals surface area contributed by atoms with Crippen LogP contribution in [0, 0.1) is 19.8 Å². The molecule has 0 spiro atoms. The highest BCUT2D eigenvalue weighted by Gasteiger charge is 2.28. The summed E-state index contributed by atoms with van der Waals surface area (Å²) in [5.74, 6) is 0.491. The van der Waals surface area contributed by atoms with Crippen molar-refractivity contribution in [3.8, 4) is 0 Å². The quantitative estimate of drug-likeness (QED) is 0.887. The smallest absolute Gasteiger partial charge is 0.0895 e. The van der Waals surface area contributed by atoms with Crippen LogP contribution >= 0.6 is 0 Å². The first kappa shape index (κ1) is 15.2. The van der Waals surface area contributed by atoms with Crippen molar-refractivity contribution in [2.45, 2.75) is 39.3 Å². The number of aromatic nitrogens is 4. The number of hydrogen-bond donors (Lipinski definition) is 2. The Morgan fingerprint density at radius 3 is 3.00 bits per heavy atom. The van der Waals surface area contributed by atoms with Crippen molar-refractivity contribution < 1.29 is 4.74 Å². The van der Waals surface area contributed by atoms with Crippen molar-refractivity contribution in [1.82, 2.24) is 25.3 Å². The zero-order chi connectivity index (χ0) is 15.5. The summed E-state index contributed by atoms with van der Waals surface area (Å²) in [5, 5.41) is 15.1. The van der Waals surface area contributed by atoms with Crippen LogP contribution in [0.5, 0.6) is 0 Å². The van der Waals surface area contributed by atoms with Crippen LogP contribution in [0.15, 0.2) is 12.4 Å². The van der Waals surface area contributed by atoms with Gasteiger partial charge in [0.25, 0.3) is 0 Å². The van der Waals surface area contributed by atoms with Crippen molar-refractivity contribution in [3.05, 3.63) is 34.9 Å². The molecule has 0 amide bonds. The van der Waals surface area contributed by atoms with Gasteiger partial charge in [-0.05, 0) is 26.7 Å². The number of hydrogen-bond acceptors (Lipinski definition) is 4. The summed E-state index contributed by atoms with van der Waals surface area (Å²) < 4.78 is 7.86. The molecule has 2 aromatic heterocycles. The van der Waals surface area contributed by atoms with Crippen molar-refractivity contribution >= 4 is 0 Å². The van der Waals surface area contributed by atoms with Crippen LogP contribution in [0.2, 0.25) is 0 Å². The zero-order valence-electron chi connectivity index (χ0n) is 13.6. The van der Waals surface area contributed by atoms with E-state index in [1.807, 2.05) is 24.9 Å². The van der Waals surface area contributed by atoms with E-state index in [9.17, 15) is 0 Å². The molecule has 120 valence electrons. The van der Waals surface area contributed by atoms with Crippen LogP contribution in [-0.2, 0) is 18.3 Å². The number of H-pyrrole nitrogens is 1. The Labute approximate surface area is 131 Å². The molecule has 22 heavy (non-hydrogen) atoms. The van der Waals surface area contributed by atoms with Crippen LogP contribution < -0.4 is 5.32 Å². The van der Waals surface area contributed by atoms with E-state index in [-0.39, 0.29) is 6.10 Å². The van der Waals surface area contributed by atoms with E-state index in [4.69, 9.17) is 4.74 Å². The lowest BCUT2D eigenvalue weighted by atomic mass is 9.91. The van der Waals surface area contributed by atoms with Gasteiger partial charge in [-0.3, -0.25) is 9.78 Å². The van der Waals surface area contributed by atoms with Gasteiger partial charge >= 0.3 is 0 Å². The molecule has 1 aliphatic rings. The normalized spacial score (nSPS) is 22.1. The molecule has 0 unspecified atom stereocenters. The first-order valence-electron chi connectivity index (χ1n) is 7.96. The Kier molecular flexibility index (Phi) is 4.59. The van der Waals surface area contributed by atoms with E-state index in [0.29, 0.717) is 5.92 Å². The minimum Gasteiger partial charge on any atom is -0.373 e. The molecule has 6 nitrogen and oxygen atoms in total. The Morgan fingerprint density at radius 2 is 2.32 bits per heavy atom. The maximum atomic E-state index is 6.01. The summed E-state index contributed by atoms with van der Waals surface area (Å²) in [4.78, 5) is 0. The number of nitrogens with zero attached hydrogens (tertiary/aromatic N) is 3. The van der Waals surface area contributed by atoms with Gasteiger partial charge in [-0.2, -0.15) is 10.2 Å². The molecule has 1 saturated heterocycles. The topological polar surface area (TPSA) is 67.8 Å². The Morgan fingerprint density at radius 1 is 1.45 bits per heavy atom. The highest BCUT2D eigenvalue weighted by atomic mass is 16.5. The predicted octanol–water partition coefficient (Wildman–Crippen LogP) is 2.02. The van der Waals surface area contributed by atoms with E-state index in [1.165, 1.54) is 17.5 Å². The maximum Gasteiger partial charge on any atom is 0.0895 e. The third kappa shape index (κ3) is 3.23. The number of ether oxygens (including phenoxy) is 1. The van der Waals surface area contributed by atoms with Gasteiger partial charge in [0.2, 0.25) is 0 Å². The minimum atomic E-state index is 0.154. The summed E-state index contributed by atoms with van der Waals surface area (Å²) in [5.41, 5.74) is 4.68. The Balaban J connectivity index is 1.60. The molecule has 0 aliphatic carbocycles. The van der Waals surface area contributed by atoms with Gasteiger partial charge < -0.3 is 10.1 Å². The van der Waals surface area contributed by atoms with Crippen LogP contribution in [0.4, 0.5) is 0 Å². The van der Waals surface area contributed by atoms with Gasteiger partial charge in [0.1, 0.15) is 0 Å². The molecule has 0 saturated carbocycles. The Hall–Kier alpha value is -1.66. The van der Waals surface area contributed by atoms with E-state index in [0.717, 1.165) is 37.5 Å². The van der Waals surface area contributed by atoms with Crippen molar-refractivity contribution in [2.24, 2.45) is 13.0 Å². The largest absolute Gasteiger partial charge is 0.373 e. The van der Waals surface area contributed by atoms with Crippen LogP contribution in [-0.4, -0.2) is 33.1 Å². The predicted molar refractivity (Wildman–Crippen MR) is 84.4 cm³/mol. The monoisotopic (exact) mass is 303 g/mol. The van der Waals surface area contributed by atoms with Crippen molar-refractivity contribution in [3.63, 3.8) is 0 Å². The summed E-state index contributed by atoms with van der Waals surface area (Å²) >= 11 is 0. The minimum absolute atomic E-state index is 0.154. The summed E-state index contributed by atoms with van der Waals surface area (Å²) in [6, 6.07) is 0. The van der Waals surface area contributed by atoms with Gasteiger partial charge in [0.05, 0.1) is 18.0 Å². The van der Waals surface area contributed by atoms with Crippen molar-refractivity contribution in [1.29, 1.82) is 0 Å². The molecular weight excluding hydrogens is 278 g/mol. The molecular formula is C16H25N5O. The first-order valence-corrected chi connectivity index (χ1v) is 7.96. The van der Waals surface area contributed by atoms with Crippen molar-refractivity contribution in [2.75, 3.05) is 13.2 Å². The van der Waals surface area contributed by atoms with Gasteiger partial charge in [-0.1, -0.05) is 0 Å². The number of rotatable bonds is 5. The Bertz CT molecular complexity index is 598. The fourth-order valence-electron chi connectivity index (χ4n) is 3.22. The van der Waals surface area contributed by atoms with Crippen LogP contribution in [0.3, 0.4) is 0 Å². The van der Waals surface area contributed by atoms with E-state index < -0.39 is 0 Å². The SMILES string of the molecule is Cc1n[nH]c(C)c1CNC[C@@H]1CCCO[C@H]1c1cnn(C)c1. The second kappa shape index (κ2) is 6.62. The molecule has 0 radical (unpaired) electrons. The molecule has 6 heteroatoms. The molecule has 2 N–H and O–H groups in total. The van der Waals surface area contributed by atoms with Gasteiger partial charge in [-0.25, -0.2) is 0 Å². The molecule has 1 aliphatic heterocycles. The first-order chi connectivity index (χ1) is 10.6. The lowest BCUT2D eigenvalue weighted by Gasteiger charge is -2.31. The number of aromatic amines is 1. The fraction of sp³-hybridized carbons (Fsp3) is 0.625. The molecule has 0 aromatic carbocycles. The van der Waals surface area contributed by atoms with E-state index >= 15 is 0 Å². The third-order valence-electron chi connectivity index (χ3n) is 4.49. The molecule has 3 rings (SSSR count). The van der Waals surface area contributed by atoms with Gasteiger partial charge in [0, 0.05) is 55.7 Å². The average Bonchev–Trinajstić information content (AvgIpc) is 3.08. The second-order valence-corrected chi connectivity index (χ2v) is 6.18. The number of aryl methyl sites for hydroxylation is 3. The average molecular weight is 303 g/mol. The standard InChI is InChI=1S/C16H25N5O/c1-11-15(12(2)20-19-11)9-17-7-13-5-4-6-22-16(13)14-8-18-21(3)10-14/h8,10,13,16-17H,4-7,9H2,1-3H3,(H,19,20)/t13-,16+/m0/s1. The molecule has 1 fully saturated rings. The summed E-state index contributed by atoms with van der Waals surface area (Å²) in [6.07, 6.45) is 6.46. The summed E-state index contributed by atoms with van der Waals surface area (Å²) in [7, 11) is 1.95. The fourth-order valence-corrected chi connectivity index (χ4v) is 3.22. The molecule has 3 heterocycles. The second-order valence-electron chi connectivity index (χ2n) is 6.18. The maximum absolute atomic E-state index is 6.01. The third-order valence-corrected chi connectivity index (χ3v) is 4.49. The van der Waals surface area contributed by atoms with Crippen LogP contribution in [0.1, 0.15) is 41.5 Å². The molecule has 0 bridgehead atoms. The highest BCUT2D eigenvalue weighted by molar-refractivity contribution is 5.22. The van der Waals surface area contributed by atoms with Crippen LogP contribution in [0.25, 0.3) is 0 Å². The van der Waals surface area contributed by atoms with E-state index in [2.05, 4.69) is 33.7 Å². The van der Waals surface area contributed by atoms with Gasteiger partial charge in [0.15, 0.2) is 0 Å². The molecule has 2 atom stereocenters. The molecule has 2 aromatic rings.